The van der Waals surface area contributed by atoms with Crippen molar-refractivity contribution in [2.24, 2.45) is 5.92 Å². The minimum absolute atomic E-state index is 0.0227. The standard InChI is InChI=1S/C17H19FN2O6/c1-17(2,3)26-16(23)19-7-6-14(21)11(9-19)15(22)10-4-5-13(20(24)25)12(18)8-10/h4-5,8,11H,6-7,9H2,1-3H3. The van der Waals surface area contributed by atoms with Gasteiger partial charge < -0.3 is 9.64 Å². The van der Waals surface area contributed by atoms with E-state index >= 15 is 0 Å². The Balaban J connectivity index is 2.19. The van der Waals surface area contributed by atoms with Gasteiger partial charge in [-0.15, -0.1) is 0 Å². The normalized spacial score (nSPS) is 17.8. The number of benzene rings is 1. The van der Waals surface area contributed by atoms with Crippen LogP contribution in [0.15, 0.2) is 18.2 Å². The Kier molecular flexibility index (Phi) is 5.38. The first-order valence-electron chi connectivity index (χ1n) is 7.98. The van der Waals surface area contributed by atoms with Crippen LogP contribution in [-0.2, 0) is 9.53 Å². The summed E-state index contributed by atoms with van der Waals surface area (Å²) in [4.78, 5) is 47.8. The van der Waals surface area contributed by atoms with Crippen molar-refractivity contribution in [1.82, 2.24) is 4.90 Å². The number of nitro groups is 1. The highest BCUT2D eigenvalue weighted by molar-refractivity contribution is 6.11. The molecule has 2 rings (SSSR count). The second-order valence-electron chi connectivity index (χ2n) is 6.98. The first-order valence-corrected chi connectivity index (χ1v) is 7.98. The van der Waals surface area contributed by atoms with E-state index in [1.54, 1.807) is 20.8 Å². The van der Waals surface area contributed by atoms with Crippen molar-refractivity contribution in [2.45, 2.75) is 32.8 Å². The molecule has 1 atom stereocenters. The average Bonchev–Trinajstić information content (AvgIpc) is 2.52. The molecule has 0 bridgehead atoms. The number of hydrogen-bond donors (Lipinski definition) is 0. The molecule has 0 saturated carbocycles. The zero-order valence-corrected chi connectivity index (χ0v) is 14.7. The number of likely N-dealkylation sites (tertiary alicyclic amines) is 1. The van der Waals surface area contributed by atoms with Crippen LogP contribution < -0.4 is 0 Å². The number of amides is 1. The Hall–Kier alpha value is -2.84. The number of halogens is 1. The molecule has 1 heterocycles. The van der Waals surface area contributed by atoms with Crippen molar-refractivity contribution >= 4 is 23.3 Å². The molecule has 1 amide bonds. The largest absolute Gasteiger partial charge is 0.444 e. The Morgan fingerprint density at radius 1 is 1.35 bits per heavy atom. The van der Waals surface area contributed by atoms with Crippen LogP contribution in [0.5, 0.6) is 0 Å². The van der Waals surface area contributed by atoms with E-state index in [4.69, 9.17) is 4.74 Å². The summed E-state index contributed by atoms with van der Waals surface area (Å²) in [5.74, 6) is -3.36. The molecule has 1 saturated heterocycles. The maximum absolute atomic E-state index is 13.8. The lowest BCUT2D eigenvalue weighted by atomic mass is 9.89. The molecule has 0 N–H and O–H groups in total. The monoisotopic (exact) mass is 366 g/mol. The molecule has 0 spiro atoms. The quantitative estimate of drug-likeness (QED) is 0.352. The van der Waals surface area contributed by atoms with Gasteiger partial charge in [-0.05, 0) is 32.9 Å². The van der Waals surface area contributed by atoms with E-state index in [2.05, 4.69) is 0 Å². The number of ketones is 2. The number of nitrogens with zero attached hydrogens (tertiary/aromatic N) is 2. The third kappa shape index (κ3) is 4.41. The summed E-state index contributed by atoms with van der Waals surface area (Å²) in [7, 11) is 0. The van der Waals surface area contributed by atoms with Gasteiger partial charge in [-0.1, -0.05) is 0 Å². The van der Waals surface area contributed by atoms with Gasteiger partial charge in [0.2, 0.25) is 5.82 Å². The van der Waals surface area contributed by atoms with Crippen LogP contribution in [0.25, 0.3) is 0 Å². The van der Waals surface area contributed by atoms with Crippen molar-refractivity contribution in [1.29, 1.82) is 0 Å². The molecular formula is C17H19FN2O6. The van der Waals surface area contributed by atoms with Crippen LogP contribution in [0.2, 0.25) is 0 Å². The summed E-state index contributed by atoms with van der Waals surface area (Å²) in [6.45, 7) is 5.05. The molecular weight excluding hydrogens is 347 g/mol. The summed E-state index contributed by atoms with van der Waals surface area (Å²) < 4.78 is 19.0. The van der Waals surface area contributed by atoms with E-state index in [0.717, 1.165) is 18.2 Å². The van der Waals surface area contributed by atoms with Crippen molar-refractivity contribution in [3.05, 3.63) is 39.7 Å². The number of hydrogen-bond acceptors (Lipinski definition) is 6. The SMILES string of the molecule is CC(C)(C)OC(=O)N1CCC(=O)C(C(=O)c2ccc([N+](=O)[O-])c(F)c2)C1. The fraction of sp³-hybridized carbons (Fsp3) is 0.471. The summed E-state index contributed by atoms with van der Waals surface area (Å²) >= 11 is 0. The molecule has 26 heavy (non-hydrogen) atoms. The van der Waals surface area contributed by atoms with Crippen LogP contribution in [0.3, 0.4) is 0 Å². The molecule has 0 aliphatic carbocycles. The molecule has 9 heteroatoms. The number of Topliss-reactive ketones (excluding diaryl/α,β-unsaturated/α-hetero) is 2. The van der Waals surface area contributed by atoms with E-state index in [0.29, 0.717) is 0 Å². The molecule has 1 aromatic carbocycles. The number of ether oxygens (including phenoxy) is 1. The van der Waals surface area contributed by atoms with Crippen LogP contribution in [0, 0.1) is 21.8 Å². The maximum Gasteiger partial charge on any atom is 0.410 e. The lowest BCUT2D eigenvalue weighted by Gasteiger charge is -2.32. The summed E-state index contributed by atoms with van der Waals surface area (Å²) in [6.07, 6.45) is -0.664. The van der Waals surface area contributed by atoms with Crippen molar-refractivity contribution < 1.29 is 28.4 Å². The van der Waals surface area contributed by atoms with Crippen molar-refractivity contribution in [3.63, 3.8) is 0 Å². The van der Waals surface area contributed by atoms with E-state index in [-0.39, 0.29) is 30.9 Å². The molecule has 1 unspecified atom stereocenters. The number of nitro benzene ring substituents is 1. The molecule has 1 aromatic rings. The Morgan fingerprint density at radius 3 is 2.54 bits per heavy atom. The fourth-order valence-electron chi connectivity index (χ4n) is 2.56. The molecule has 1 fully saturated rings. The predicted molar refractivity (Wildman–Crippen MR) is 88.3 cm³/mol. The van der Waals surface area contributed by atoms with Gasteiger partial charge in [-0.2, -0.15) is 4.39 Å². The van der Waals surface area contributed by atoms with E-state index in [9.17, 15) is 28.9 Å². The third-order valence-corrected chi connectivity index (χ3v) is 3.82. The minimum Gasteiger partial charge on any atom is -0.444 e. The molecule has 8 nitrogen and oxygen atoms in total. The van der Waals surface area contributed by atoms with Gasteiger partial charge in [-0.3, -0.25) is 19.7 Å². The second-order valence-corrected chi connectivity index (χ2v) is 6.98. The predicted octanol–water partition coefficient (Wildman–Crippen LogP) is 2.74. The van der Waals surface area contributed by atoms with Gasteiger partial charge >= 0.3 is 11.8 Å². The number of carbonyl (C=O) groups excluding carboxylic acids is 3. The third-order valence-electron chi connectivity index (χ3n) is 3.82. The van der Waals surface area contributed by atoms with Crippen LogP contribution in [-0.4, -0.2) is 46.2 Å². The van der Waals surface area contributed by atoms with Gasteiger partial charge in [0.25, 0.3) is 0 Å². The Bertz CT molecular complexity index is 771. The van der Waals surface area contributed by atoms with Crippen molar-refractivity contribution in [3.8, 4) is 0 Å². The average molecular weight is 366 g/mol. The Morgan fingerprint density at radius 2 is 2.00 bits per heavy atom. The highest BCUT2D eigenvalue weighted by Gasteiger charge is 2.37. The van der Waals surface area contributed by atoms with Gasteiger partial charge in [0.05, 0.1) is 10.8 Å². The summed E-state index contributed by atoms with van der Waals surface area (Å²) in [5, 5.41) is 10.7. The lowest BCUT2D eigenvalue weighted by Crippen LogP contribution is -2.48. The molecule has 1 aliphatic rings. The summed E-state index contributed by atoms with van der Waals surface area (Å²) in [6, 6.07) is 2.71. The van der Waals surface area contributed by atoms with E-state index in [1.165, 1.54) is 4.90 Å². The first-order chi connectivity index (χ1) is 12.0. The molecule has 0 aromatic heterocycles. The zero-order valence-electron chi connectivity index (χ0n) is 14.7. The first kappa shape index (κ1) is 19.5. The van der Waals surface area contributed by atoms with Gasteiger partial charge in [0.1, 0.15) is 11.4 Å². The van der Waals surface area contributed by atoms with Gasteiger partial charge in [-0.25, -0.2) is 4.79 Å². The highest BCUT2D eigenvalue weighted by Crippen LogP contribution is 2.23. The fourth-order valence-corrected chi connectivity index (χ4v) is 2.56. The van der Waals surface area contributed by atoms with Crippen LogP contribution >= 0.6 is 0 Å². The van der Waals surface area contributed by atoms with Crippen LogP contribution in [0.1, 0.15) is 37.6 Å². The zero-order chi connectivity index (χ0) is 19.6. The minimum atomic E-state index is -1.16. The Labute approximate surface area is 149 Å². The van der Waals surface area contributed by atoms with Crippen molar-refractivity contribution in [2.75, 3.05) is 13.1 Å². The smallest absolute Gasteiger partial charge is 0.410 e. The topological polar surface area (TPSA) is 107 Å². The highest BCUT2D eigenvalue weighted by atomic mass is 19.1. The molecule has 0 radical (unpaired) electrons. The second kappa shape index (κ2) is 7.19. The molecule has 140 valence electrons. The molecule has 1 aliphatic heterocycles. The van der Waals surface area contributed by atoms with E-state index < -0.39 is 39.8 Å². The van der Waals surface area contributed by atoms with Gasteiger partial charge in [0, 0.05) is 31.1 Å². The lowest BCUT2D eigenvalue weighted by molar-refractivity contribution is -0.387. The van der Waals surface area contributed by atoms with E-state index in [1.807, 2.05) is 0 Å². The van der Waals surface area contributed by atoms with Crippen LogP contribution in [0.4, 0.5) is 14.9 Å². The maximum atomic E-state index is 13.8. The number of carbonyl (C=O) groups is 3. The summed E-state index contributed by atoms with van der Waals surface area (Å²) in [5.41, 5.74) is -1.64. The van der Waals surface area contributed by atoms with Gasteiger partial charge in [0.15, 0.2) is 5.78 Å². The number of piperidine rings is 1. The number of rotatable bonds is 3.